The summed E-state index contributed by atoms with van der Waals surface area (Å²) in [4.78, 5) is 19.3. The lowest BCUT2D eigenvalue weighted by Crippen LogP contribution is -2.40. The van der Waals surface area contributed by atoms with E-state index in [1.807, 2.05) is 48.5 Å². The van der Waals surface area contributed by atoms with E-state index in [1.54, 1.807) is 7.11 Å². The number of ether oxygens (including phenoxy) is 1. The molecule has 0 bridgehead atoms. The second-order valence-corrected chi connectivity index (χ2v) is 8.68. The summed E-state index contributed by atoms with van der Waals surface area (Å²) < 4.78 is 10.6. The van der Waals surface area contributed by atoms with Gasteiger partial charge in [-0.2, -0.15) is 4.98 Å². The number of piperidine rings is 1. The van der Waals surface area contributed by atoms with Gasteiger partial charge in [0, 0.05) is 23.0 Å². The minimum atomic E-state index is 0.0547. The Balaban J connectivity index is 1.18. The molecule has 1 aliphatic rings. The van der Waals surface area contributed by atoms with E-state index >= 15 is 0 Å². The third kappa shape index (κ3) is 6.33. The van der Waals surface area contributed by atoms with Crippen molar-refractivity contribution in [2.75, 3.05) is 26.7 Å². The molecule has 8 heteroatoms. The predicted molar refractivity (Wildman–Crippen MR) is 127 cm³/mol. The summed E-state index contributed by atoms with van der Waals surface area (Å²) >= 11 is 6.19. The topological polar surface area (TPSA) is 80.5 Å². The largest absolute Gasteiger partial charge is 0.497 e. The summed E-state index contributed by atoms with van der Waals surface area (Å²) in [6.07, 6.45) is 3.40. The fourth-order valence-electron chi connectivity index (χ4n) is 4.06. The van der Waals surface area contributed by atoms with Crippen LogP contribution in [0.3, 0.4) is 0 Å². The van der Waals surface area contributed by atoms with Gasteiger partial charge in [-0.15, -0.1) is 0 Å². The first kappa shape index (κ1) is 23.3. The number of likely N-dealkylation sites (tertiary alicyclic amines) is 1. The number of rotatable bonds is 9. The third-order valence-electron chi connectivity index (χ3n) is 6.01. The Labute approximate surface area is 199 Å². The van der Waals surface area contributed by atoms with Crippen LogP contribution in [0.1, 0.15) is 30.7 Å². The molecule has 0 radical (unpaired) electrons. The molecule has 3 aromatic rings. The van der Waals surface area contributed by atoms with E-state index in [0.717, 1.165) is 60.7 Å². The van der Waals surface area contributed by atoms with E-state index in [9.17, 15) is 4.79 Å². The van der Waals surface area contributed by atoms with Gasteiger partial charge in [0.25, 0.3) is 0 Å². The lowest BCUT2D eigenvalue weighted by Gasteiger charge is -2.30. The van der Waals surface area contributed by atoms with Gasteiger partial charge in [-0.05, 0) is 74.7 Å². The van der Waals surface area contributed by atoms with Crippen LogP contribution >= 0.6 is 11.6 Å². The molecule has 0 saturated carbocycles. The summed E-state index contributed by atoms with van der Waals surface area (Å²) in [6, 6.07) is 15.4. The number of amides is 1. The molecule has 7 nitrogen and oxygen atoms in total. The van der Waals surface area contributed by atoms with Crippen LogP contribution in [-0.4, -0.2) is 47.7 Å². The molecule has 1 aliphatic heterocycles. The van der Waals surface area contributed by atoms with Crippen molar-refractivity contribution in [1.29, 1.82) is 0 Å². The van der Waals surface area contributed by atoms with E-state index < -0.39 is 0 Å². The normalized spacial score (nSPS) is 14.8. The van der Waals surface area contributed by atoms with Gasteiger partial charge in [-0.25, -0.2) is 0 Å². The van der Waals surface area contributed by atoms with Gasteiger partial charge >= 0.3 is 0 Å². The zero-order valence-electron chi connectivity index (χ0n) is 18.8. The Morgan fingerprint density at radius 3 is 2.67 bits per heavy atom. The molecule has 1 saturated heterocycles. The Hall–Kier alpha value is -2.90. The quantitative estimate of drug-likeness (QED) is 0.470. The molecule has 1 N–H and O–H groups in total. The maximum Gasteiger partial charge on any atom is 0.241 e. The number of methoxy groups -OCH3 is 1. The Bertz CT molecular complexity index is 1050. The number of carbonyl (C=O) groups excluding carboxylic acids is 1. The highest BCUT2D eigenvalue weighted by molar-refractivity contribution is 6.31. The molecule has 1 fully saturated rings. The van der Waals surface area contributed by atoms with E-state index in [1.165, 1.54) is 0 Å². The first-order valence-electron chi connectivity index (χ1n) is 11.3. The molecule has 174 valence electrons. The van der Waals surface area contributed by atoms with Crippen molar-refractivity contribution >= 4 is 17.5 Å². The number of halogens is 1. The number of hydrogen-bond donors (Lipinski definition) is 1. The highest BCUT2D eigenvalue weighted by atomic mass is 35.5. The first-order valence-corrected chi connectivity index (χ1v) is 11.7. The van der Waals surface area contributed by atoms with Gasteiger partial charge in [0.05, 0.1) is 13.7 Å². The number of benzene rings is 2. The van der Waals surface area contributed by atoms with Crippen molar-refractivity contribution in [3.63, 3.8) is 0 Å². The molecule has 0 aliphatic carbocycles. The Morgan fingerprint density at radius 2 is 1.94 bits per heavy atom. The molecule has 0 unspecified atom stereocenters. The molecule has 0 spiro atoms. The molecule has 2 heterocycles. The van der Waals surface area contributed by atoms with E-state index in [-0.39, 0.29) is 11.8 Å². The number of nitrogens with zero attached hydrogens (tertiary/aromatic N) is 3. The molecule has 2 aromatic carbocycles. The van der Waals surface area contributed by atoms with Crippen molar-refractivity contribution in [3.8, 4) is 17.1 Å². The summed E-state index contributed by atoms with van der Waals surface area (Å²) in [7, 11) is 1.64. The average molecular weight is 469 g/mol. The highest BCUT2D eigenvalue weighted by Crippen LogP contribution is 2.22. The zero-order valence-corrected chi connectivity index (χ0v) is 19.6. The van der Waals surface area contributed by atoms with Crippen LogP contribution in [0.5, 0.6) is 5.75 Å². The lowest BCUT2D eigenvalue weighted by atomic mass is 9.96. The second kappa shape index (κ2) is 11.3. The standard InChI is InChI=1S/C25H29ClN4O3/c1-32-21-10-8-19(9-11-21)24-28-23(33-29-24)17-30-15-12-20(13-16-30)25(31)27-14-4-6-18-5-2-3-7-22(18)26/h2-3,5,7-11,20H,4,6,12-17H2,1H3,(H,27,31). The van der Waals surface area contributed by atoms with Crippen LogP contribution in [0.2, 0.25) is 5.02 Å². The van der Waals surface area contributed by atoms with Crippen LogP contribution in [0.25, 0.3) is 11.4 Å². The minimum Gasteiger partial charge on any atom is -0.497 e. The molecule has 1 amide bonds. The minimum absolute atomic E-state index is 0.0547. The van der Waals surface area contributed by atoms with Crippen molar-refractivity contribution in [1.82, 2.24) is 20.4 Å². The molecule has 1 aromatic heterocycles. The Kier molecular flexibility index (Phi) is 7.96. The van der Waals surface area contributed by atoms with Gasteiger partial charge in [0.15, 0.2) is 0 Å². The van der Waals surface area contributed by atoms with Crippen LogP contribution < -0.4 is 10.1 Å². The van der Waals surface area contributed by atoms with Crippen molar-refractivity contribution in [2.45, 2.75) is 32.2 Å². The van der Waals surface area contributed by atoms with Gasteiger partial charge in [-0.3, -0.25) is 9.69 Å². The fourth-order valence-corrected chi connectivity index (χ4v) is 4.29. The molecule has 4 rings (SSSR count). The number of nitrogens with one attached hydrogen (secondary N) is 1. The van der Waals surface area contributed by atoms with E-state index in [2.05, 4.69) is 20.4 Å². The number of aromatic nitrogens is 2. The van der Waals surface area contributed by atoms with Crippen molar-refractivity contribution in [2.24, 2.45) is 5.92 Å². The second-order valence-electron chi connectivity index (χ2n) is 8.28. The Morgan fingerprint density at radius 1 is 1.18 bits per heavy atom. The third-order valence-corrected chi connectivity index (χ3v) is 6.38. The lowest BCUT2D eigenvalue weighted by molar-refractivity contribution is -0.126. The maximum atomic E-state index is 12.5. The summed E-state index contributed by atoms with van der Waals surface area (Å²) in [5.41, 5.74) is 2.01. The molecular weight excluding hydrogens is 440 g/mol. The van der Waals surface area contributed by atoms with E-state index in [4.69, 9.17) is 20.9 Å². The summed E-state index contributed by atoms with van der Waals surface area (Å²) in [5, 5.41) is 7.97. The SMILES string of the molecule is COc1ccc(-c2noc(CN3CCC(C(=O)NCCCc4ccccc4Cl)CC3)n2)cc1. The summed E-state index contributed by atoms with van der Waals surface area (Å²) in [6.45, 7) is 2.92. The van der Waals surface area contributed by atoms with Crippen molar-refractivity contribution < 1.29 is 14.1 Å². The van der Waals surface area contributed by atoms with Crippen LogP contribution in [0, 0.1) is 5.92 Å². The monoisotopic (exact) mass is 468 g/mol. The zero-order chi connectivity index (χ0) is 23.0. The van der Waals surface area contributed by atoms with Crippen molar-refractivity contribution in [3.05, 3.63) is 65.0 Å². The average Bonchev–Trinajstić information content (AvgIpc) is 3.31. The number of hydrogen-bond acceptors (Lipinski definition) is 6. The molecule has 0 atom stereocenters. The molecule has 33 heavy (non-hydrogen) atoms. The highest BCUT2D eigenvalue weighted by Gasteiger charge is 2.25. The smallest absolute Gasteiger partial charge is 0.241 e. The van der Waals surface area contributed by atoms with Crippen LogP contribution in [-0.2, 0) is 17.8 Å². The first-order chi connectivity index (χ1) is 16.1. The van der Waals surface area contributed by atoms with Gasteiger partial charge in [-0.1, -0.05) is 35.0 Å². The number of aryl methyl sites for hydroxylation is 1. The van der Waals surface area contributed by atoms with E-state index in [0.29, 0.717) is 24.8 Å². The number of carbonyl (C=O) groups is 1. The predicted octanol–water partition coefficient (Wildman–Crippen LogP) is 4.36. The van der Waals surface area contributed by atoms with Gasteiger partial charge < -0.3 is 14.6 Å². The molecular formula is C25H29ClN4O3. The van der Waals surface area contributed by atoms with Gasteiger partial charge in [0.1, 0.15) is 5.75 Å². The summed E-state index contributed by atoms with van der Waals surface area (Å²) in [5.74, 6) is 2.14. The van der Waals surface area contributed by atoms with Crippen LogP contribution in [0.15, 0.2) is 53.1 Å². The van der Waals surface area contributed by atoms with Gasteiger partial charge in [0.2, 0.25) is 17.6 Å². The maximum absolute atomic E-state index is 12.5. The van der Waals surface area contributed by atoms with Crippen LogP contribution in [0.4, 0.5) is 0 Å². The fraction of sp³-hybridized carbons (Fsp3) is 0.400.